The largest absolute Gasteiger partial charge is 0.495 e. The van der Waals surface area contributed by atoms with Gasteiger partial charge in [-0.1, -0.05) is 40.2 Å². The number of ether oxygens (including phenoxy) is 1. The molecular formula is C20H24BrN2O2+. The zero-order chi connectivity index (χ0) is 17.6. The van der Waals surface area contributed by atoms with Crippen molar-refractivity contribution >= 4 is 27.4 Å². The molecule has 0 amide bonds. The van der Waals surface area contributed by atoms with Gasteiger partial charge >= 0.3 is 0 Å². The Morgan fingerprint density at radius 2 is 1.80 bits per heavy atom. The molecule has 2 aromatic carbocycles. The Morgan fingerprint density at radius 1 is 1.12 bits per heavy atom. The molecule has 5 heteroatoms. The normalized spacial score (nSPS) is 15.2. The molecule has 3 rings (SSSR count). The molecule has 1 aliphatic rings. The van der Waals surface area contributed by atoms with E-state index in [1.54, 1.807) is 7.11 Å². The first kappa shape index (κ1) is 18.0. The van der Waals surface area contributed by atoms with Crippen LogP contribution in [0, 0.1) is 0 Å². The van der Waals surface area contributed by atoms with Crippen LogP contribution in [-0.4, -0.2) is 45.6 Å². The molecule has 1 heterocycles. The van der Waals surface area contributed by atoms with Gasteiger partial charge in [0.1, 0.15) is 5.75 Å². The Morgan fingerprint density at radius 3 is 2.48 bits per heavy atom. The van der Waals surface area contributed by atoms with Crippen molar-refractivity contribution in [1.29, 1.82) is 0 Å². The third-order valence-electron chi connectivity index (χ3n) is 4.77. The fourth-order valence-electron chi connectivity index (χ4n) is 3.28. The molecule has 1 N–H and O–H groups in total. The number of nitrogens with zero attached hydrogens (tertiary/aromatic N) is 1. The van der Waals surface area contributed by atoms with Crippen LogP contribution < -0.4 is 14.5 Å². The monoisotopic (exact) mass is 403 g/mol. The summed E-state index contributed by atoms with van der Waals surface area (Å²) in [7, 11) is 1.72. The number of halogens is 1. The van der Waals surface area contributed by atoms with Gasteiger partial charge in [0, 0.05) is 10.0 Å². The van der Waals surface area contributed by atoms with Gasteiger partial charge in [-0.15, -0.1) is 0 Å². The van der Waals surface area contributed by atoms with Gasteiger partial charge in [0.25, 0.3) is 0 Å². The highest BCUT2D eigenvalue weighted by atomic mass is 79.9. The fraction of sp³-hybridized carbons (Fsp3) is 0.350. The van der Waals surface area contributed by atoms with E-state index in [9.17, 15) is 4.79 Å². The van der Waals surface area contributed by atoms with Crippen molar-refractivity contribution in [2.45, 2.75) is 6.42 Å². The predicted molar refractivity (Wildman–Crippen MR) is 104 cm³/mol. The SMILES string of the molecule is COc1ccccc1N1CC[NH+](CCC(=O)c2ccc(Br)cc2)CC1. The highest BCUT2D eigenvalue weighted by molar-refractivity contribution is 9.10. The lowest BCUT2D eigenvalue weighted by Crippen LogP contribution is -3.15. The van der Waals surface area contributed by atoms with Crippen molar-refractivity contribution in [2.24, 2.45) is 0 Å². The van der Waals surface area contributed by atoms with Crippen molar-refractivity contribution in [2.75, 3.05) is 44.7 Å². The molecule has 1 aliphatic heterocycles. The summed E-state index contributed by atoms with van der Waals surface area (Å²) >= 11 is 3.40. The molecule has 0 unspecified atom stereocenters. The number of para-hydroxylation sites is 2. The molecule has 0 atom stereocenters. The average Bonchev–Trinajstić information content (AvgIpc) is 2.67. The van der Waals surface area contributed by atoms with Crippen LogP contribution >= 0.6 is 15.9 Å². The van der Waals surface area contributed by atoms with Gasteiger partial charge in [-0.3, -0.25) is 4.79 Å². The van der Waals surface area contributed by atoms with E-state index in [1.807, 2.05) is 42.5 Å². The van der Waals surface area contributed by atoms with E-state index in [0.29, 0.717) is 6.42 Å². The summed E-state index contributed by atoms with van der Waals surface area (Å²) < 4.78 is 6.47. The van der Waals surface area contributed by atoms with Crippen LogP contribution in [0.4, 0.5) is 5.69 Å². The van der Waals surface area contributed by atoms with Crippen LogP contribution in [0.3, 0.4) is 0 Å². The van der Waals surface area contributed by atoms with Gasteiger partial charge in [0.05, 0.1) is 51.9 Å². The number of hydrogen-bond acceptors (Lipinski definition) is 3. The molecule has 25 heavy (non-hydrogen) atoms. The minimum Gasteiger partial charge on any atom is -0.495 e. The molecular weight excluding hydrogens is 380 g/mol. The molecule has 0 saturated carbocycles. The van der Waals surface area contributed by atoms with Crippen molar-refractivity contribution < 1.29 is 14.4 Å². The number of piperazine rings is 1. The standard InChI is InChI=1S/C20H23BrN2O2/c1-25-20-5-3-2-4-18(20)23-14-12-22(13-15-23)11-10-19(24)16-6-8-17(21)9-7-16/h2-9H,10-15H2,1H3/p+1. The first-order valence-corrected chi connectivity index (χ1v) is 9.47. The molecule has 4 nitrogen and oxygen atoms in total. The van der Waals surface area contributed by atoms with Gasteiger partial charge in [0.2, 0.25) is 0 Å². The van der Waals surface area contributed by atoms with E-state index >= 15 is 0 Å². The molecule has 0 radical (unpaired) electrons. The van der Waals surface area contributed by atoms with Crippen LogP contribution in [0.25, 0.3) is 0 Å². The maximum atomic E-state index is 12.3. The van der Waals surface area contributed by atoms with Crippen molar-refractivity contribution in [3.8, 4) is 5.75 Å². The lowest BCUT2D eigenvalue weighted by Gasteiger charge is -2.34. The fourth-order valence-corrected chi connectivity index (χ4v) is 3.54. The first-order valence-electron chi connectivity index (χ1n) is 8.67. The van der Waals surface area contributed by atoms with E-state index < -0.39 is 0 Å². The maximum absolute atomic E-state index is 12.3. The summed E-state index contributed by atoms with van der Waals surface area (Å²) in [4.78, 5) is 16.2. The van der Waals surface area contributed by atoms with Gasteiger partial charge in [-0.25, -0.2) is 0 Å². The molecule has 132 valence electrons. The third kappa shape index (κ3) is 4.61. The minimum absolute atomic E-state index is 0.229. The minimum atomic E-state index is 0.229. The quantitative estimate of drug-likeness (QED) is 0.752. The highest BCUT2D eigenvalue weighted by Gasteiger charge is 2.22. The second-order valence-electron chi connectivity index (χ2n) is 6.34. The number of rotatable bonds is 6. The molecule has 0 bridgehead atoms. The average molecular weight is 404 g/mol. The Balaban J connectivity index is 1.49. The number of benzene rings is 2. The van der Waals surface area contributed by atoms with Crippen LogP contribution in [-0.2, 0) is 0 Å². The number of nitrogens with one attached hydrogen (secondary N) is 1. The van der Waals surface area contributed by atoms with Crippen molar-refractivity contribution in [1.82, 2.24) is 0 Å². The molecule has 0 aliphatic carbocycles. The van der Waals surface area contributed by atoms with E-state index in [-0.39, 0.29) is 5.78 Å². The lowest BCUT2D eigenvalue weighted by molar-refractivity contribution is -0.899. The zero-order valence-corrected chi connectivity index (χ0v) is 16.1. The second-order valence-corrected chi connectivity index (χ2v) is 7.25. The maximum Gasteiger partial charge on any atom is 0.168 e. The van der Waals surface area contributed by atoms with Crippen LogP contribution in [0.1, 0.15) is 16.8 Å². The van der Waals surface area contributed by atoms with Crippen molar-refractivity contribution in [3.63, 3.8) is 0 Å². The Kier molecular flexibility index (Phi) is 6.10. The number of Topliss-reactive ketones (excluding diaryl/α,β-unsaturated/α-hetero) is 1. The summed E-state index contributed by atoms with van der Waals surface area (Å²) in [6.45, 7) is 4.97. The summed E-state index contributed by atoms with van der Waals surface area (Å²) in [5.41, 5.74) is 1.96. The van der Waals surface area contributed by atoms with Gasteiger partial charge < -0.3 is 14.5 Å². The second kappa shape index (κ2) is 8.50. The molecule has 1 fully saturated rings. The van der Waals surface area contributed by atoms with Crippen LogP contribution in [0.2, 0.25) is 0 Å². The van der Waals surface area contributed by atoms with E-state index in [4.69, 9.17) is 4.74 Å². The lowest BCUT2D eigenvalue weighted by atomic mass is 10.1. The number of quaternary nitrogens is 1. The summed E-state index contributed by atoms with van der Waals surface area (Å²) in [5, 5.41) is 0. The smallest absolute Gasteiger partial charge is 0.168 e. The van der Waals surface area contributed by atoms with Crippen LogP contribution in [0.15, 0.2) is 53.0 Å². The first-order chi connectivity index (χ1) is 12.2. The highest BCUT2D eigenvalue weighted by Crippen LogP contribution is 2.27. The molecule has 0 spiro atoms. The van der Waals surface area contributed by atoms with Crippen LogP contribution in [0.5, 0.6) is 5.75 Å². The number of ketones is 1. The van der Waals surface area contributed by atoms with E-state index in [1.165, 1.54) is 4.90 Å². The number of carbonyl (C=O) groups excluding carboxylic acids is 1. The molecule has 1 saturated heterocycles. The Labute approximate surface area is 157 Å². The predicted octanol–water partition coefficient (Wildman–Crippen LogP) is 2.44. The molecule has 0 aromatic heterocycles. The zero-order valence-electron chi connectivity index (χ0n) is 14.5. The van der Waals surface area contributed by atoms with Gasteiger partial charge in [0.15, 0.2) is 5.78 Å². The summed E-state index contributed by atoms with van der Waals surface area (Å²) in [6.07, 6.45) is 0.603. The summed E-state index contributed by atoms with van der Waals surface area (Å²) in [6, 6.07) is 15.8. The van der Waals surface area contributed by atoms with Gasteiger partial charge in [-0.2, -0.15) is 0 Å². The summed E-state index contributed by atoms with van der Waals surface area (Å²) in [5.74, 6) is 1.16. The van der Waals surface area contributed by atoms with E-state index in [2.05, 4.69) is 26.9 Å². The third-order valence-corrected chi connectivity index (χ3v) is 5.30. The molecule has 2 aromatic rings. The van der Waals surface area contributed by atoms with E-state index in [0.717, 1.165) is 54.2 Å². The number of carbonyl (C=O) groups is 1. The topological polar surface area (TPSA) is 34.0 Å². The van der Waals surface area contributed by atoms with Gasteiger partial charge in [-0.05, 0) is 24.3 Å². The Hall–Kier alpha value is -1.85. The number of anilines is 1. The number of methoxy groups -OCH3 is 1. The van der Waals surface area contributed by atoms with Crippen molar-refractivity contribution in [3.05, 3.63) is 58.6 Å². The number of hydrogen-bond donors (Lipinski definition) is 1. The Bertz CT molecular complexity index is 710.